The summed E-state index contributed by atoms with van der Waals surface area (Å²) in [7, 11) is 0. The van der Waals surface area contributed by atoms with Gasteiger partial charge in [-0.05, 0) is 6.92 Å². The maximum absolute atomic E-state index is 11.6. The molecule has 4 heteroatoms. The predicted octanol–water partition coefficient (Wildman–Crippen LogP) is 0.0650. The van der Waals surface area contributed by atoms with Crippen molar-refractivity contribution in [3.8, 4) is 0 Å². The van der Waals surface area contributed by atoms with Crippen LogP contribution in [-0.4, -0.2) is 24.3 Å². The summed E-state index contributed by atoms with van der Waals surface area (Å²) in [6.07, 6.45) is 0. The van der Waals surface area contributed by atoms with Crippen LogP contribution in [-0.2, 0) is 9.59 Å². The first-order valence-corrected chi connectivity index (χ1v) is 4.32. The Labute approximate surface area is 78.9 Å². The Morgan fingerprint density at radius 3 is 2.15 bits per heavy atom. The van der Waals surface area contributed by atoms with Crippen molar-refractivity contribution in [2.24, 2.45) is 11.1 Å². The molecule has 1 amide bonds. The number of hydrogen-bond donors (Lipinski definition) is 2. The van der Waals surface area contributed by atoms with Crippen LogP contribution in [0, 0.1) is 5.41 Å². The zero-order valence-corrected chi connectivity index (χ0v) is 8.68. The number of amides is 1. The van der Waals surface area contributed by atoms with Gasteiger partial charge in [0.25, 0.3) is 0 Å². The highest BCUT2D eigenvalue weighted by atomic mass is 16.2. The summed E-state index contributed by atoms with van der Waals surface area (Å²) in [5, 5.41) is 2.52. The highest BCUT2D eigenvalue weighted by Crippen LogP contribution is 2.16. The summed E-state index contributed by atoms with van der Waals surface area (Å²) in [5.41, 5.74) is 4.68. The number of carbonyl (C=O) groups is 2. The van der Waals surface area contributed by atoms with E-state index >= 15 is 0 Å². The molecule has 0 aromatic carbocycles. The van der Waals surface area contributed by atoms with Gasteiger partial charge in [-0.2, -0.15) is 0 Å². The van der Waals surface area contributed by atoms with E-state index in [1.54, 1.807) is 6.92 Å². The molecule has 1 unspecified atom stereocenters. The molecule has 0 spiro atoms. The first kappa shape index (κ1) is 12.1. The van der Waals surface area contributed by atoms with Crippen LogP contribution in [0.2, 0.25) is 0 Å². The molecular weight excluding hydrogens is 168 g/mol. The molecule has 76 valence electrons. The van der Waals surface area contributed by atoms with Crippen LogP contribution < -0.4 is 11.1 Å². The van der Waals surface area contributed by atoms with Crippen LogP contribution in [0.25, 0.3) is 0 Å². The van der Waals surface area contributed by atoms with Gasteiger partial charge in [-0.3, -0.25) is 9.59 Å². The van der Waals surface area contributed by atoms with Crippen LogP contribution in [0.1, 0.15) is 27.7 Å². The quantitative estimate of drug-likeness (QED) is 0.655. The van der Waals surface area contributed by atoms with Crippen molar-refractivity contribution in [3.63, 3.8) is 0 Å². The molecule has 0 aromatic rings. The Kier molecular flexibility index (Phi) is 4.07. The molecule has 0 aromatic heterocycles. The van der Waals surface area contributed by atoms with Gasteiger partial charge < -0.3 is 11.1 Å². The molecule has 0 heterocycles. The van der Waals surface area contributed by atoms with Gasteiger partial charge in [0.15, 0.2) is 5.78 Å². The van der Waals surface area contributed by atoms with Gasteiger partial charge in [0.05, 0.1) is 12.6 Å². The Bertz CT molecular complexity index is 206. The van der Waals surface area contributed by atoms with Crippen molar-refractivity contribution in [2.75, 3.05) is 6.54 Å². The van der Waals surface area contributed by atoms with Crippen LogP contribution in [0.3, 0.4) is 0 Å². The van der Waals surface area contributed by atoms with E-state index in [1.807, 2.05) is 20.8 Å². The van der Waals surface area contributed by atoms with Crippen molar-refractivity contribution < 1.29 is 9.59 Å². The lowest BCUT2D eigenvalue weighted by atomic mass is 9.87. The Hall–Kier alpha value is -0.900. The highest BCUT2D eigenvalue weighted by Gasteiger charge is 2.27. The lowest BCUT2D eigenvalue weighted by Gasteiger charge is -2.22. The second-order valence-corrected chi connectivity index (χ2v) is 4.11. The highest BCUT2D eigenvalue weighted by molar-refractivity contribution is 5.92. The van der Waals surface area contributed by atoms with Crippen LogP contribution >= 0.6 is 0 Å². The predicted molar refractivity (Wildman–Crippen MR) is 51.1 cm³/mol. The smallest absolute Gasteiger partial charge is 0.234 e. The molecule has 0 rings (SSSR count). The molecule has 0 saturated carbocycles. The number of nitrogens with two attached hydrogens (primary N) is 1. The van der Waals surface area contributed by atoms with Gasteiger partial charge >= 0.3 is 0 Å². The number of hydrogen-bond acceptors (Lipinski definition) is 3. The number of rotatable bonds is 3. The molecule has 0 aliphatic rings. The zero-order valence-electron chi connectivity index (χ0n) is 8.68. The van der Waals surface area contributed by atoms with E-state index in [4.69, 9.17) is 5.73 Å². The minimum absolute atomic E-state index is 0.00861. The summed E-state index contributed by atoms with van der Waals surface area (Å²) in [5.74, 6) is -0.292. The molecule has 0 aliphatic heterocycles. The minimum atomic E-state index is -0.462. The topological polar surface area (TPSA) is 72.2 Å². The molecule has 0 aliphatic carbocycles. The fourth-order valence-corrected chi connectivity index (χ4v) is 1.02. The van der Waals surface area contributed by atoms with Gasteiger partial charge in [0.2, 0.25) is 5.91 Å². The first-order chi connectivity index (χ1) is 5.79. The average Bonchev–Trinajstić information content (AvgIpc) is 2.01. The van der Waals surface area contributed by atoms with Gasteiger partial charge in [-0.25, -0.2) is 0 Å². The third-order valence-electron chi connectivity index (χ3n) is 1.70. The van der Waals surface area contributed by atoms with Crippen molar-refractivity contribution in [1.82, 2.24) is 5.32 Å². The number of nitrogens with one attached hydrogen (secondary N) is 1. The molecule has 0 bridgehead atoms. The maximum atomic E-state index is 11.6. The number of carbonyl (C=O) groups excluding carboxylic acids is 2. The Balaban J connectivity index is 4.20. The van der Waals surface area contributed by atoms with E-state index in [0.717, 1.165) is 0 Å². The first-order valence-electron chi connectivity index (χ1n) is 4.32. The third kappa shape index (κ3) is 4.03. The molecule has 0 radical (unpaired) electrons. The molecule has 0 saturated heterocycles. The van der Waals surface area contributed by atoms with Crippen molar-refractivity contribution in [2.45, 2.75) is 33.7 Å². The maximum Gasteiger partial charge on any atom is 0.234 e. The van der Waals surface area contributed by atoms with Gasteiger partial charge in [0, 0.05) is 5.41 Å². The molecule has 1 atom stereocenters. The van der Waals surface area contributed by atoms with Gasteiger partial charge in [-0.1, -0.05) is 20.8 Å². The van der Waals surface area contributed by atoms with E-state index in [-0.39, 0.29) is 18.2 Å². The second kappa shape index (κ2) is 4.37. The summed E-state index contributed by atoms with van der Waals surface area (Å²) >= 11 is 0. The standard InChI is InChI=1S/C9H18N2O2/c1-6(11-7(12)5-10)8(13)9(2,3)4/h6H,5,10H2,1-4H3,(H,11,12). The molecule has 0 fully saturated rings. The van der Waals surface area contributed by atoms with Crippen molar-refractivity contribution in [3.05, 3.63) is 0 Å². The van der Waals surface area contributed by atoms with Crippen LogP contribution in [0.4, 0.5) is 0 Å². The lowest BCUT2D eigenvalue weighted by Crippen LogP contribution is -2.45. The van der Waals surface area contributed by atoms with E-state index in [2.05, 4.69) is 5.32 Å². The Morgan fingerprint density at radius 1 is 1.38 bits per heavy atom. The van der Waals surface area contributed by atoms with E-state index in [1.165, 1.54) is 0 Å². The largest absolute Gasteiger partial charge is 0.345 e. The fraction of sp³-hybridized carbons (Fsp3) is 0.778. The summed E-state index contributed by atoms with van der Waals surface area (Å²) in [6, 6.07) is -0.462. The molecular formula is C9H18N2O2. The summed E-state index contributed by atoms with van der Waals surface area (Å²) < 4.78 is 0. The SMILES string of the molecule is CC(NC(=O)CN)C(=O)C(C)(C)C. The van der Waals surface area contributed by atoms with Crippen LogP contribution in [0.15, 0.2) is 0 Å². The molecule has 4 nitrogen and oxygen atoms in total. The van der Waals surface area contributed by atoms with Gasteiger partial charge in [-0.15, -0.1) is 0 Å². The number of ketones is 1. The van der Waals surface area contributed by atoms with Crippen LogP contribution in [0.5, 0.6) is 0 Å². The average molecular weight is 186 g/mol. The lowest BCUT2D eigenvalue weighted by molar-refractivity contribution is -0.131. The normalized spacial score (nSPS) is 13.6. The molecule has 13 heavy (non-hydrogen) atoms. The van der Waals surface area contributed by atoms with E-state index in [9.17, 15) is 9.59 Å². The summed E-state index contributed by atoms with van der Waals surface area (Å²) in [4.78, 5) is 22.4. The van der Waals surface area contributed by atoms with Crippen molar-refractivity contribution in [1.29, 1.82) is 0 Å². The third-order valence-corrected chi connectivity index (χ3v) is 1.70. The fourth-order valence-electron chi connectivity index (χ4n) is 1.02. The van der Waals surface area contributed by atoms with E-state index < -0.39 is 11.5 Å². The Morgan fingerprint density at radius 2 is 1.85 bits per heavy atom. The summed E-state index contributed by atoms with van der Waals surface area (Å²) in [6.45, 7) is 7.05. The van der Waals surface area contributed by atoms with Gasteiger partial charge in [0.1, 0.15) is 0 Å². The zero-order chi connectivity index (χ0) is 10.6. The monoisotopic (exact) mass is 186 g/mol. The number of Topliss-reactive ketones (excluding diaryl/α,β-unsaturated/α-hetero) is 1. The second-order valence-electron chi connectivity index (χ2n) is 4.11. The van der Waals surface area contributed by atoms with E-state index in [0.29, 0.717) is 0 Å². The molecule has 3 N–H and O–H groups in total. The van der Waals surface area contributed by atoms with Crippen molar-refractivity contribution >= 4 is 11.7 Å². The minimum Gasteiger partial charge on any atom is -0.345 e.